The number of esters is 3. The van der Waals surface area contributed by atoms with E-state index in [0.29, 0.717) is 19.3 Å². The van der Waals surface area contributed by atoms with E-state index in [0.717, 1.165) is 64.2 Å². The highest BCUT2D eigenvalue weighted by Gasteiger charge is 2.19. The second kappa shape index (κ2) is 69.1. The maximum absolute atomic E-state index is 13.0. The van der Waals surface area contributed by atoms with Crippen LogP contribution in [0.3, 0.4) is 0 Å². The van der Waals surface area contributed by atoms with Gasteiger partial charge >= 0.3 is 17.9 Å². The minimum atomic E-state index is -0.776. The highest BCUT2D eigenvalue weighted by Crippen LogP contribution is 2.18. The maximum atomic E-state index is 13.0. The van der Waals surface area contributed by atoms with E-state index in [2.05, 4.69) is 57.2 Å². The maximum Gasteiger partial charge on any atom is 0.306 e. The van der Waals surface area contributed by atoms with Crippen LogP contribution in [0.25, 0.3) is 0 Å². The Bertz CT molecular complexity index is 1340. The molecule has 6 heteroatoms. The zero-order chi connectivity index (χ0) is 57.8. The molecule has 0 heterocycles. The van der Waals surface area contributed by atoms with Crippen LogP contribution < -0.4 is 0 Å². The second-order valence-electron chi connectivity index (χ2n) is 24.5. The first-order valence-electron chi connectivity index (χ1n) is 36.0. The van der Waals surface area contributed by atoms with E-state index in [4.69, 9.17) is 14.2 Å². The molecule has 0 aliphatic rings. The summed E-state index contributed by atoms with van der Waals surface area (Å²) in [4.78, 5) is 38.5. The van der Waals surface area contributed by atoms with Crippen LogP contribution in [0.15, 0.2) is 36.5 Å². The molecule has 1 atom stereocenters. The molecule has 0 aromatic heterocycles. The number of carbonyl (C=O) groups is 3. The normalized spacial score (nSPS) is 12.2. The lowest BCUT2D eigenvalue weighted by atomic mass is 10.0. The zero-order valence-electron chi connectivity index (χ0n) is 54.1. The smallest absolute Gasteiger partial charge is 0.306 e. The molecule has 0 aliphatic carbocycles. The van der Waals surface area contributed by atoms with Crippen molar-refractivity contribution >= 4 is 17.9 Å². The molecule has 470 valence electrons. The number of hydrogen-bond acceptors (Lipinski definition) is 6. The van der Waals surface area contributed by atoms with Gasteiger partial charge in [-0.25, -0.2) is 0 Å². The highest BCUT2D eigenvalue weighted by molar-refractivity contribution is 5.71. The summed E-state index contributed by atoms with van der Waals surface area (Å²) in [6.45, 7) is 6.70. The number of ether oxygens (including phenoxy) is 3. The quantitative estimate of drug-likeness (QED) is 0.0261. The molecule has 1 unspecified atom stereocenters. The van der Waals surface area contributed by atoms with Gasteiger partial charge < -0.3 is 14.2 Å². The molecule has 0 amide bonds. The van der Waals surface area contributed by atoms with Gasteiger partial charge in [0.05, 0.1) is 0 Å². The van der Waals surface area contributed by atoms with E-state index in [1.165, 1.54) is 295 Å². The molecule has 0 saturated carbocycles. The molecule has 0 saturated heterocycles. The minimum Gasteiger partial charge on any atom is -0.462 e. The fraction of sp³-hybridized carbons (Fsp3) is 0.878. The van der Waals surface area contributed by atoms with Crippen molar-refractivity contribution in [3.8, 4) is 0 Å². The van der Waals surface area contributed by atoms with Crippen LogP contribution in [0, 0.1) is 0 Å². The van der Waals surface area contributed by atoms with Crippen molar-refractivity contribution in [1.29, 1.82) is 0 Å². The van der Waals surface area contributed by atoms with Crippen molar-refractivity contribution in [2.24, 2.45) is 0 Å². The van der Waals surface area contributed by atoms with Crippen LogP contribution in [-0.4, -0.2) is 37.2 Å². The lowest BCUT2D eigenvalue weighted by Crippen LogP contribution is -2.30. The molecule has 6 nitrogen and oxygen atoms in total. The summed E-state index contributed by atoms with van der Waals surface area (Å²) in [7, 11) is 0. The van der Waals surface area contributed by atoms with Crippen LogP contribution in [0.1, 0.15) is 400 Å². The first-order valence-corrected chi connectivity index (χ1v) is 36.0. The molecular weight excluding hydrogens is 985 g/mol. The van der Waals surface area contributed by atoms with E-state index < -0.39 is 6.10 Å². The lowest BCUT2D eigenvalue weighted by molar-refractivity contribution is -0.167. The van der Waals surface area contributed by atoms with Gasteiger partial charge in [0.2, 0.25) is 0 Å². The van der Waals surface area contributed by atoms with Crippen LogP contribution in [0.2, 0.25) is 0 Å². The molecule has 0 rings (SSSR count). The van der Waals surface area contributed by atoms with Crippen molar-refractivity contribution in [3.05, 3.63) is 36.5 Å². The molecule has 80 heavy (non-hydrogen) atoms. The van der Waals surface area contributed by atoms with Crippen LogP contribution in [0.4, 0.5) is 0 Å². The third-order valence-corrected chi connectivity index (χ3v) is 16.4. The van der Waals surface area contributed by atoms with Crippen molar-refractivity contribution in [1.82, 2.24) is 0 Å². The molecular formula is C74H138O6. The number of allylic oxidation sites excluding steroid dienone is 6. The Hall–Kier alpha value is -2.37. The third-order valence-electron chi connectivity index (χ3n) is 16.4. The van der Waals surface area contributed by atoms with Gasteiger partial charge in [-0.2, -0.15) is 0 Å². The third kappa shape index (κ3) is 66.4. The van der Waals surface area contributed by atoms with E-state index in [-0.39, 0.29) is 31.1 Å². The molecule has 0 spiro atoms. The highest BCUT2D eigenvalue weighted by atomic mass is 16.6. The largest absolute Gasteiger partial charge is 0.462 e. The monoisotopic (exact) mass is 1120 g/mol. The number of hydrogen-bond donors (Lipinski definition) is 0. The molecule has 0 fully saturated rings. The summed E-state index contributed by atoms with van der Waals surface area (Å²) in [5.41, 5.74) is 0. The minimum absolute atomic E-state index is 0.0703. The Morgan fingerprint density at radius 1 is 0.250 bits per heavy atom. The van der Waals surface area contributed by atoms with Crippen molar-refractivity contribution in [2.75, 3.05) is 13.2 Å². The Labute approximate surface area is 499 Å². The van der Waals surface area contributed by atoms with Gasteiger partial charge in [-0.1, -0.05) is 340 Å². The van der Waals surface area contributed by atoms with Gasteiger partial charge in [-0.3, -0.25) is 14.4 Å². The second-order valence-corrected chi connectivity index (χ2v) is 24.5. The summed E-state index contributed by atoms with van der Waals surface area (Å²) in [5.74, 6) is -0.848. The summed E-state index contributed by atoms with van der Waals surface area (Å²) < 4.78 is 17.0. The van der Waals surface area contributed by atoms with Gasteiger partial charge in [0.15, 0.2) is 6.10 Å². The predicted molar refractivity (Wildman–Crippen MR) is 349 cm³/mol. The Morgan fingerprint density at radius 3 is 0.700 bits per heavy atom. The van der Waals surface area contributed by atoms with E-state index >= 15 is 0 Å². The number of carbonyl (C=O) groups excluding carboxylic acids is 3. The van der Waals surface area contributed by atoms with Gasteiger partial charge in [0.25, 0.3) is 0 Å². The average molecular weight is 1120 g/mol. The average Bonchev–Trinajstić information content (AvgIpc) is 3.46. The summed E-state index contributed by atoms with van der Waals surface area (Å²) in [5, 5.41) is 0. The molecule has 0 N–H and O–H groups in total. The summed E-state index contributed by atoms with van der Waals surface area (Å²) >= 11 is 0. The van der Waals surface area contributed by atoms with E-state index in [9.17, 15) is 14.4 Å². The number of rotatable bonds is 67. The number of unbranched alkanes of at least 4 members (excludes halogenated alkanes) is 50. The van der Waals surface area contributed by atoms with Crippen LogP contribution in [-0.2, 0) is 28.6 Å². The molecule has 0 radical (unpaired) electrons. The van der Waals surface area contributed by atoms with Crippen molar-refractivity contribution in [3.63, 3.8) is 0 Å². The predicted octanol–water partition coefficient (Wildman–Crippen LogP) is 24.7. The molecule has 0 bridgehead atoms. The Kier molecular flexibility index (Phi) is 67.1. The molecule has 0 aromatic carbocycles. The van der Waals surface area contributed by atoms with Crippen molar-refractivity contribution in [2.45, 2.75) is 406 Å². The van der Waals surface area contributed by atoms with Gasteiger partial charge in [-0.05, 0) is 77.0 Å². The van der Waals surface area contributed by atoms with Gasteiger partial charge in [0.1, 0.15) is 13.2 Å². The standard InChI is InChI=1S/C74H138O6/c1-4-7-10-13-16-19-22-25-28-31-34-36-37-39-40-43-46-49-52-55-58-61-64-67-73(76)79-70-71(69-78-72(75)66-63-60-57-54-51-48-45-42-33-30-27-24-21-18-15-12-9-6-3)80-74(77)68-65-62-59-56-53-50-47-44-41-38-35-32-29-26-23-20-17-14-11-8-5-2/h23,26,30,32-33,35,71H,4-22,24-25,27-29,31,34,36-70H2,1-3H3/b26-23-,33-30-,35-32-. The SMILES string of the molecule is CCCCCCC/C=C\C/C=C\CCCCCCCCCCCC(=O)OC(COC(=O)CCCCCCCCC/C=C\CCCCCCCCC)COC(=O)CCCCCCCCCCCCCCCCCCCCCCCCC. The van der Waals surface area contributed by atoms with Crippen LogP contribution >= 0.6 is 0 Å². The van der Waals surface area contributed by atoms with E-state index in [1.54, 1.807) is 0 Å². The Morgan fingerprint density at radius 2 is 0.450 bits per heavy atom. The molecule has 0 aliphatic heterocycles. The van der Waals surface area contributed by atoms with Gasteiger partial charge in [0, 0.05) is 19.3 Å². The topological polar surface area (TPSA) is 78.9 Å². The fourth-order valence-corrected chi connectivity index (χ4v) is 10.9. The summed E-state index contributed by atoms with van der Waals surface area (Å²) in [6, 6.07) is 0. The van der Waals surface area contributed by atoms with E-state index in [1.807, 2.05) is 0 Å². The first kappa shape index (κ1) is 77.6. The summed E-state index contributed by atoms with van der Waals surface area (Å²) in [6.07, 6.45) is 86.0. The Balaban J connectivity index is 4.31. The van der Waals surface area contributed by atoms with Crippen molar-refractivity contribution < 1.29 is 28.6 Å². The van der Waals surface area contributed by atoms with Gasteiger partial charge in [-0.15, -0.1) is 0 Å². The molecule has 0 aromatic rings. The zero-order valence-corrected chi connectivity index (χ0v) is 54.1. The lowest BCUT2D eigenvalue weighted by Gasteiger charge is -2.18. The first-order chi connectivity index (χ1) is 39.5. The van der Waals surface area contributed by atoms with Crippen LogP contribution in [0.5, 0.6) is 0 Å². The fourth-order valence-electron chi connectivity index (χ4n) is 10.9.